The van der Waals surface area contributed by atoms with Gasteiger partial charge in [-0.2, -0.15) is 10.2 Å². The number of hydrogen-bond acceptors (Lipinski definition) is 3. The highest BCUT2D eigenvalue weighted by Gasteiger charge is 2.13. The van der Waals surface area contributed by atoms with Gasteiger partial charge in [0.25, 0.3) is 5.91 Å². The SMILES string of the molecule is CCCc1cc(NC(=O)c2cn(C)nc2C)n[nH]1. The molecule has 0 saturated heterocycles. The maximum Gasteiger partial charge on any atom is 0.260 e. The van der Waals surface area contributed by atoms with E-state index >= 15 is 0 Å². The largest absolute Gasteiger partial charge is 0.305 e. The van der Waals surface area contributed by atoms with E-state index in [1.165, 1.54) is 0 Å². The summed E-state index contributed by atoms with van der Waals surface area (Å²) in [7, 11) is 1.79. The van der Waals surface area contributed by atoms with Gasteiger partial charge in [0.15, 0.2) is 5.82 Å². The summed E-state index contributed by atoms with van der Waals surface area (Å²) in [6.07, 6.45) is 3.66. The van der Waals surface area contributed by atoms with Crippen molar-refractivity contribution in [2.24, 2.45) is 7.05 Å². The molecule has 1 amide bonds. The molecule has 0 bridgehead atoms. The normalized spacial score (nSPS) is 10.6. The maximum atomic E-state index is 12.0. The van der Waals surface area contributed by atoms with E-state index in [2.05, 4.69) is 27.5 Å². The lowest BCUT2D eigenvalue weighted by molar-refractivity contribution is 0.102. The summed E-state index contributed by atoms with van der Waals surface area (Å²) >= 11 is 0. The first-order chi connectivity index (χ1) is 8.60. The average Bonchev–Trinajstić information content (AvgIpc) is 2.86. The number of aromatic amines is 1. The van der Waals surface area contributed by atoms with Gasteiger partial charge < -0.3 is 5.32 Å². The molecule has 0 atom stereocenters. The maximum absolute atomic E-state index is 12.0. The molecule has 0 radical (unpaired) electrons. The van der Waals surface area contributed by atoms with Gasteiger partial charge in [0, 0.05) is 25.0 Å². The third-order valence-electron chi connectivity index (χ3n) is 2.65. The molecule has 0 aliphatic rings. The van der Waals surface area contributed by atoms with Gasteiger partial charge in [0.1, 0.15) is 0 Å². The van der Waals surface area contributed by atoms with E-state index in [-0.39, 0.29) is 5.91 Å². The lowest BCUT2D eigenvalue weighted by Crippen LogP contribution is -2.12. The van der Waals surface area contributed by atoms with E-state index in [1.54, 1.807) is 17.9 Å². The summed E-state index contributed by atoms with van der Waals surface area (Å²) in [6, 6.07) is 1.85. The van der Waals surface area contributed by atoms with Crippen molar-refractivity contribution in [3.05, 3.63) is 29.2 Å². The zero-order chi connectivity index (χ0) is 13.1. The molecule has 6 heteroatoms. The molecule has 0 spiro atoms. The van der Waals surface area contributed by atoms with E-state index in [0.717, 1.165) is 18.5 Å². The molecule has 0 fully saturated rings. The predicted molar refractivity (Wildman–Crippen MR) is 68.5 cm³/mol. The van der Waals surface area contributed by atoms with Gasteiger partial charge in [-0.3, -0.25) is 14.6 Å². The number of H-pyrrole nitrogens is 1. The Balaban J connectivity index is 2.08. The molecular weight excluding hydrogens is 230 g/mol. The third-order valence-corrected chi connectivity index (χ3v) is 2.65. The van der Waals surface area contributed by atoms with Crippen LogP contribution in [0.15, 0.2) is 12.3 Å². The van der Waals surface area contributed by atoms with Crippen molar-refractivity contribution in [3.8, 4) is 0 Å². The molecular formula is C12H17N5O. The van der Waals surface area contributed by atoms with Crippen LogP contribution in [0, 0.1) is 6.92 Å². The first-order valence-corrected chi connectivity index (χ1v) is 5.96. The highest BCUT2D eigenvalue weighted by atomic mass is 16.1. The fourth-order valence-corrected chi connectivity index (χ4v) is 1.83. The van der Waals surface area contributed by atoms with Crippen LogP contribution in [-0.2, 0) is 13.5 Å². The number of nitrogens with zero attached hydrogens (tertiary/aromatic N) is 3. The van der Waals surface area contributed by atoms with Crippen molar-refractivity contribution in [3.63, 3.8) is 0 Å². The summed E-state index contributed by atoms with van der Waals surface area (Å²) < 4.78 is 1.62. The zero-order valence-corrected chi connectivity index (χ0v) is 10.8. The van der Waals surface area contributed by atoms with Crippen molar-refractivity contribution in [2.45, 2.75) is 26.7 Å². The van der Waals surface area contributed by atoms with Gasteiger partial charge in [-0.1, -0.05) is 13.3 Å². The van der Waals surface area contributed by atoms with E-state index in [9.17, 15) is 4.79 Å². The van der Waals surface area contributed by atoms with Crippen LogP contribution < -0.4 is 5.32 Å². The van der Waals surface area contributed by atoms with Crippen LogP contribution in [0.5, 0.6) is 0 Å². The number of carbonyl (C=O) groups excluding carboxylic acids is 1. The van der Waals surface area contributed by atoms with Gasteiger partial charge in [0.2, 0.25) is 0 Å². The Morgan fingerprint density at radius 3 is 2.94 bits per heavy atom. The number of carbonyl (C=O) groups is 1. The average molecular weight is 247 g/mol. The van der Waals surface area contributed by atoms with E-state index in [1.807, 2.05) is 13.0 Å². The number of nitrogens with one attached hydrogen (secondary N) is 2. The molecule has 96 valence electrons. The zero-order valence-electron chi connectivity index (χ0n) is 10.8. The minimum Gasteiger partial charge on any atom is -0.305 e. The summed E-state index contributed by atoms with van der Waals surface area (Å²) in [4.78, 5) is 12.0. The second-order valence-corrected chi connectivity index (χ2v) is 4.28. The molecule has 6 nitrogen and oxygen atoms in total. The van der Waals surface area contributed by atoms with Gasteiger partial charge in [-0.05, 0) is 13.3 Å². The minimum atomic E-state index is -0.185. The van der Waals surface area contributed by atoms with Gasteiger partial charge in [-0.25, -0.2) is 0 Å². The summed E-state index contributed by atoms with van der Waals surface area (Å²) in [5.41, 5.74) is 2.30. The first-order valence-electron chi connectivity index (χ1n) is 5.96. The molecule has 2 N–H and O–H groups in total. The smallest absolute Gasteiger partial charge is 0.260 e. The number of aryl methyl sites for hydroxylation is 3. The van der Waals surface area contributed by atoms with Crippen molar-refractivity contribution < 1.29 is 4.79 Å². The molecule has 2 aromatic rings. The number of rotatable bonds is 4. The highest BCUT2D eigenvalue weighted by molar-refractivity contribution is 6.04. The van der Waals surface area contributed by atoms with Gasteiger partial charge in [0.05, 0.1) is 11.3 Å². The van der Waals surface area contributed by atoms with Gasteiger partial charge in [-0.15, -0.1) is 0 Å². The third kappa shape index (κ3) is 2.58. The molecule has 0 aliphatic carbocycles. The molecule has 18 heavy (non-hydrogen) atoms. The Hall–Kier alpha value is -2.11. The van der Waals surface area contributed by atoms with Crippen molar-refractivity contribution >= 4 is 11.7 Å². The summed E-state index contributed by atoms with van der Waals surface area (Å²) in [6.45, 7) is 3.90. The second kappa shape index (κ2) is 5.03. The van der Waals surface area contributed by atoms with Crippen LogP contribution in [0.3, 0.4) is 0 Å². The summed E-state index contributed by atoms with van der Waals surface area (Å²) in [5, 5.41) is 13.8. The van der Waals surface area contributed by atoms with E-state index < -0.39 is 0 Å². The van der Waals surface area contributed by atoms with Crippen LogP contribution in [-0.4, -0.2) is 25.9 Å². The minimum absolute atomic E-state index is 0.185. The Kier molecular flexibility index (Phi) is 3.45. The molecule has 0 aliphatic heterocycles. The monoisotopic (exact) mass is 247 g/mol. The first kappa shape index (κ1) is 12.3. The lowest BCUT2D eigenvalue weighted by Gasteiger charge is -1.98. The standard InChI is InChI=1S/C12H17N5O/c1-4-5-9-6-11(15-14-9)13-12(18)10-7-17(3)16-8(10)2/h6-7H,4-5H2,1-3H3,(H2,13,14,15,18). The van der Waals surface area contributed by atoms with Gasteiger partial charge >= 0.3 is 0 Å². The molecule has 2 aromatic heterocycles. The van der Waals surface area contributed by atoms with Crippen molar-refractivity contribution in [2.75, 3.05) is 5.32 Å². The van der Waals surface area contributed by atoms with Crippen molar-refractivity contribution in [1.82, 2.24) is 20.0 Å². The fraction of sp³-hybridized carbons (Fsp3) is 0.417. The predicted octanol–water partition coefficient (Wildman–Crippen LogP) is 1.66. The molecule has 2 heterocycles. The van der Waals surface area contributed by atoms with Crippen molar-refractivity contribution in [1.29, 1.82) is 0 Å². The molecule has 2 rings (SSSR count). The Morgan fingerprint density at radius 1 is 1.56 bits per heavy atom. The number of anilines is 1. The Morgan fingerprint density at radius 2 is 2.33 bits per heavy atom. The molecule has 0 aromatic carbocycles. The number of amides is 1. The van der Waals surface area contributed by atoms with Crippen LogP contribution >= 0.6 is 0 Å². The van der Waals surface area contributed by atoms with E-state index in [0.29, 0.717) is 17.1 Å². The number of aromatic nitrogens is 4. The topological polar surface area (TPSA) is 75.6 Å². The fourth-order valence-electron chi connectivity index (χ4n) is 1.83. The quantitative estimate of drug-likeness (QED) is 0.862. The molecule has 0 saturated carbocycles. The lowest BCUT2D eigenvalue weighted by atomic mass is 10.2. The van der Waals surface area contributed by atoms with Crippen LogP contribution in [0.1, 0.15) is 35.1 Å². The van der Waals surface area contributed by atoms with Crippen LogP contribution in [0.25, 0.3) is 0 Å². The Bertz CT molecular complexity index is 555. The van der Waals surface area contributed by atoms with Crippen LogP contribution in [0.4, 0.5) is 5.82 Å². The Labute approximate surface area is 105 Å². The highest BCUT2D eigenvalue weighted by Crippen LogP contribution is 2.11. The number of hydrogen-bond donors (Lipinski definition) is 2. The van der Waals surface area contributed by atoms with Crippen LogP contribution in [0.2, 0.25) is 0 Å². The second-order valence-electron chi connectivity index (χ2n) is 4.28. The van der Waals surface area contributed by atoms with E-state index in [4.69, 9.17) is 0 Å². The summed E-state index contributed by atoms with van der Waals surface area (Å²) in [5.74, 6) is 0.363. The molecule has 0 unspecified atom stereocenters.